The molecule has 1 atom stereocenters. The van der Waals surface area contributed by atoms with Crippen molar-refractivity contribution in [2.75, 3.05) is 13.2 Å². The van der Waals surface area contributed by atoms with Gasteiger partial charge in [-0.2, -0.15) is 0 Å². The first kappa shape index (κ1) is 10.4. The molecule has 5 nitrogen and oxygen atoms in total. The van der Waals surface area contributed by atoms with E-state index in [1.165, 1.54) is 6.92 Å². The zero-order valence-corrected chi connectivity index (χ0v) is 8.11. The summed E-state index contributed by atoms with van der Waals surface area (Å²) >= 11 is 0. The van der Waals surface area contributed by atoms with Gasteiger partial charge in [-0.25, -0.2) is 0 Å². The fourth-order valence-electron chi connectivity index (χ4n) is 1.04. The first-order valence-corrected chi connectivity index (χ1v) is 5.59. The van der Waals surface area contributed by atoms with Crippen LogP contribution in [0, 0.1) is 11.8 Å². The third kappa shape index (κ3) is 2.17. The molecular formula is C7H11O5P. The molecule has 1 fully saturated rings. The van der Waals surface area contributed by atoms with Gasteiger partial charge in [-0.05, 0) is 0 Å². The van der Waals surface area contributed by atoms with Gasteiger partial charge in [-0.3, -0.25) is 0 Å². The van der Waals surface area contributed by atoms with Gasteiger partial charge in [0.2, 0.25) is 0 Å². The van der Waals surface area contributed by atoms with Gasteiger partial charge >= 0.3 is 75.4 Å². The van der Waals surface area contributed by atoms with Crippen molar-refractivity contribution >= 4 is 13.9 Å². The maximum atomic E-state index is 10.7. The molecule has 1 rings (SSSR count). The van der Waals surface area contributed by atoms with Gasteiger partial charge in [0.05, 0.1) is 0 Å². The Morgan fingerprint density at radius 1 is 1.54 bits per heavy atom. The SMILES string of the molecule is CC#CC(C(=O)O)[PH]1(O)OCCO1. The summed E-state index contributed by atoms with van der Waals surface area (Å²) in [5.41, 5.74) is -1.22. The molecule has 0 spiro atoms. The van der Waals surface area contributed by atoms with Crippen LogP contribution in [0.25, 0.3) is 0 Å². The van der Waals surface area contributed by atoms with Crippen LogP contribution in [0.5, 0.6) is 0 Å². The molecule has 0 saturated carbocycles. The zero-order valence-electron chi connectivity index (χ0n) is 7.11. The Labute approximate surface area is 76.2 Å². The molecule has 0 amide bonds. The van der Waals surface area contributed by atoms with Crippen molar-refractivity contribution in [1.82, 2.24) is 0 Å². The normalized spacial score (nSPS) is 24.2. The molecule has 1 saturated heterocycles. The second kappa shape index (κ2) is 4.03. The summed E-state index contributed by atoms with van der Waals surface area (Å²) in [4.78, 5) is 20.4. The van der Waals surface area contributed by atoms with Gasteiger partial charge in [-0.1, -0.05) is 0 Å². The van der Waals surface area contributed by atoms with Crippen LogP contribution >= 0.6 is 7.94 Å². The Morgan fingerprint density at radius 3 is 2.46 bits per heavy atom. The van der Waals surface area contributed by atoms with Crippen molar-refractivity contribution in [2.45, 2.75) is 12.6 Å². The molecule has 1 heterocycles. The van der Waals surface area contributed by atoms with Crippen LogP contribution in [0.4, 0.5) is 0 Å². The van der Waals surface area contributed by atoms with Gasteiger partial charge in [0.15, 0.2) is 0 Å². The van der Waals surface area contributed by atoms with Crippen LogP contribution in [-0.2, 0) is 13.8 Å². The molecule has 1 aliphatic rings. The molecule has 0 radical (unpaired) electrons. The topological polar surface area (TPSA) is 76.0 Å². The third-order valence-corrected chi connectivity index (χ3v) is 3.96. The van der Waals surface area contributed by atoms with Crippen LogP contribution in [0.2, 0.25) is 0 Å². The second-order valence-electron chi connectivity index (χ2n) is 2.49. The summed E-state index contributed by atoms with van der Waals surface area (Å²) in [5.74, 6) is 3.61. The summed E-state index contributed by atoms with van der Waals surface area (Å²) < 4.78 is 9.81. The number of aliphatic carboxylic acids is 1. The van der Waals surface area contributed by atoms with Crippen LogP contribution < -0.4 is 0 Å². The summed E-state index contributed by atoms with van der Waals surface area (Å²) in [6, 6.07) is 0. The van der Waals surface area contributed by atoms with E-state index in [0.717, 1.165) is 0 Å². The number of hydrogen-bond donors (Lipinski definition) is 2. The second-order valence-corrected chi connectivity index (χ2v) is 4.91. The molecule has 0 aromatic heterocycles. The number of carboxylic acid groups (broad SMARTS) is 1. The van der Waals surface area contributed by atoms with E-state index in [9.17, 15) is 9.69 Å². The summed E-state index contributed by atoms with van der Waals surface area (Å²) in [7, 11) is -3.57. The molecule has 6 heteroatoms. The molecule has 0 aliphatic carbocycles. The van der Waals surface area contributed by atoms with E-state index in [1.807, 2.05) is 0 Å². The van der Waals surface area contributed by atoms with E-state index >= 15 is 0 Å². The number of hydrogen-bond acceptors (Lipinski definition) is 4. The first-order valence-electron chi connectivity index (χ1n) is 3.75. The first-order chi connectivity index (χ1) is 6.10. The van der Waals surface area contributed by atoms with Gasteiger partial charge < -0.3 is 0 Å². The van der Waals surface area contributed by atoms with E-state index in [0.29, 0.717) is 0 Å². The Kier molecular flexibility index (Phi) is 3.23. The number of carboxylic acids is 1. The predicted molar refractivity (Wildman–Crippen MR) is 47.3 cm³/mol. The minimum absolute atomic E-state index is 0.234. The fourth-order valence-corrected chi connectivity index (χ4v) is 2.84. The molecule has 1 unspecified atom stereocenters. The van der Waals surface area contributed by atoms with Gasteiger partial charge in [0, 0.05) is 0 Å². The van der Waals surface area contributed by atoms with E-state index in [2.05, 4.69) is 11.8 Å². The molecule has 0 bridgehead atoms. The predicted octanol–water partition coefficient (Wildman–Crippen LogP) is -0.00310. The Morgan fingerprint density at radius 2 is 2.08 bits per heavy atom. The summed E-state index contributed by atoms with van der Waals surface area (Å²) in [5, 5.41) is 8.74. The van der Waals surface area contributed by atoms with E-state index in [1.54, 1.807) is 0 Å². The number of carbonyl (C=O) groups is 1. The van der Waals surface area contributed by atoms with E-state index in [-0.39, 0.29) is 13.2 Å². The summed E-state index contributed by atoms with van der Waals surface area (Å²) in [6.07, 6.45) is 0. The van der Waals surface area contributed by atoms with Crippen LogP contribution in [0.15, 0.2) is 0 Å². The van der Waals surface area contributed by atoms with Crippen molar-refractivity contribution in [1.29, 1.82) is 0 Å². The molecule has 0 aromatic rings. The fraction of sp³-hybridized carbons (Fsp3) is 0.571. The Bertz CT molecular complexity index is 260. The quantitative estimate of drug-likeness (QED) is 0.491. The average Bonchev–Trinajstić information content (AvgIpc) is 2.48. The van der Waals surface area contributed by atoms with Crippen molar-refractivity contribution in [3.05, 3.63) is 0 Å². The van der Waals surface area contributed by atoms with E-state index in [4.69, 9.17) is 14.2 Å². The molecule has 13 heavy (non-hydrogen) atoms. The van der Waals surface area contributed by atoms with Crippen molar-refractivity contribution < 1.29 is 23.8 Å². The monoisotopic (exact) mass is 206 g/mol. The number of rotatable bonds is 2. The minimum atomic E-state index is -3.57. The molecular weight excluding hydrogens is 195 g/mol. The standard InChI is InChI=1S/C7H11O5P/c1-2-3-6(7(8)9)13(10)11-4-5-12-13/h6,10,13H,4-5H2,1H3,(H,8,9). The molecule has 2 N–H and O–H groups in total. The molecule has 74 valence electrons. The van der Waals surface area contributed by atoms with Crippen molar-refractivity contribution in [3.8, 4) is 11.8 Å². The van der Waals surface area contributed by atoms with Crippen molar-refractivity contribution in [3.63, 3.8) is 0 Å². The van der Waals surface area contributed by atoms with Crippen LogP contribution in [-0.4, -0.2) is 34.8 Å². The van der Waals surface area contributed by atoms with E-state index < -0.39 is 19.6 Å². The average molecular weight is 206 g/mol. The zero-order chi connectivity index (χ0) is 9.90. The van der Waals surface area contributed by atoms with Gasteiger partial charge in [0.25, 0.3) is 0 Å². The molecule has 1 aliphatic heterocycles. The van der Waals surface area contributed by atoms with Gasteiger partial charge in [-0.15, -0.1) is 0 Å². The van der Waals surface area contributed by atoms with Crippen molar-refractivity contribution in [2.24, 2.45) is 0 Å². The third-order valence-electron chi connectivity index (χ3n) is 1.60. The Hall–Kier alpha value is -0.660. The molecule has 0 aromatic carbocycles. The van der Waals surface area contributed by atoms with Crippen LogP contribution in [0.1, 0.15) is 6.92 Å². The Balaban J connectivity index is 2.83. The van der Waals surface area contributed by atoms with Crippen LogP contribution in [0.3, 0.4) is 0 Å². The van der Waals surface area contributed by atoms with Gasteiger partial charge in [0.1, 0.15) is 0 Å². The maximum absolute atomic E-state index is 10.7. The summed E-state index contributed by atoms with van der Waals surface area (Å²) in [6.45, 7) is 1.97.